The molecule has 4 N–H and O–H groups in total. The van der Waals surface area contributed by atoms with Crippen molar-refractivity contribution in [1.29, 1.82) is 0 Å². The fraction of sp³-hybridized carbons (Fsp3) is 0.357. The molecule has 0 radical (unpaired) electrons. The van der Waals surface area contributed by atoms with E-state index in [1.807, 2.05) is 30.3 Å². The standard InChI is InChI=1S/C14H19N3O2S/c1-9(13(18)16-2)17-14(19)11(12(15)20)8-10-6-4-3-5-7-10/h3-7,9,11H,8H2,1-2H3,(H2,15,20)(H,16,18)(H,17,19). The molecule has 1 aromatic carbocycles. The smallest absolute Gasteiger partial charge is 0.242 e. The SMILES string of the molecule is CNC(=O)C(C)NC(=O)C(Cc1ccccc1)C(N)=S. The Morgan fingerprint density at radius 3 is 2.35 bits per heavy atom. The highest BCUT2D eigenvalue weighted by Crippen LogP contribution is 2.10. The zero-order valence-corrected chi connectivity index (χ0v) is 12.4. The van der Waals surface area contributed by atoms with Crippen molar-refractivity contribution in [3.63, 3.8) is 0 Å². The van der Waals surface area contributed by atoms with Crippen LogP contribution in [0.2, 0.25) is 0 Å². The minimum atomic E-state index is -0.625. The number of nitrogens with two attached hydrogens (primary N) is 1. The van der Waals surface area contributed by atoms with E-state index >= 15 is 0 Å². The van der Waals surface area contributed by atoms with Crippen molar-refractivity contribution in [2.45, 2.75) is 19.4 Å². The summed E-state index contributed by atoms with van der Waals surface area (Å²) in [7, 11) is 1.51. The van der Waals surface area contributed by atoms with Gasteiger partial charge in [0.15, 0.2) is 0 Å². The number of amides is 2. The number of carbonyl (C=O) groups is 2. The summed E-state index contributed by atoms with van der Waals surface area (Å²) in [6, 6.07) is 8.85. The summed E-state index contributed by atoms with van der Waals surface area (Å²) in [5.41, 5.74) is 6.61. The lowest BCUT2D eigenvalue weighted by atomic mass is 9.98. The topological polar surface area (TPSA) is 84.2 Å². The Labute approximate surface area is 123 Å². The van der Waals surface area contributed by atoms with Crippen LogP contribution in [0.15, 0.2) is 30.3 Å². The van der Waals surface area contributed by atoms with Gasteiger partial charge in [0.25, 0.3) is 0 Å². The first-order chi connectivity index (χ1) is 9.45. The van der Waals surface area contributed by atoms with E-state index in [1.165, 1.54) is 7.05 Å². The molecule has 0 aliphatic heterocycles. The van der Waals surface area contributed by atoms with Crippen molar-refractivity contribution >= 4 is 29.0 Å². The Morgan fingerprint density at radius 2 is 1.85 bits per heavy atom. The van der Waals surface area contributed by atoms with Crippen molar-refractivity contribution < 1.29 is 9.59 Å². The van der Waals surface area contributed by atoms with Gasteiger partial charge in [-0.25, -0.2) is 0 Å². The Bertz CT molecular complexity index is 490. The summed E-state index contributed by atoms with van der Waals surface area (Å²) in [6.07, 6.45) is 0.419. The van der Waals surface area contributed by atoms with E-state index in [2.05, 4.69) is 10.6 Å². The first-order valence-electron chi connectivity index (χ1n) is 6.31. The van der Waals surface area contributed by atoms with Crippen molar-refractivity contribution in [3.05, 3.63) is 35.9 Å². The minimum Gasteiger partial charge on any atom is -0.393 e. The lowest BCUT2D eigenvalue weighted by Crippen LogP contribution is -2.48. The fourth-order valence-corrected chi connectivity index (χ4v) is 1.96. The third kappa shape index (κ3) is 4.62. The van der Waals surface area contributed by atoms with Crippen LogP contribution in [0.5, 0.6) is 0 Å². The maximum absolute atomic E-state index is 12.2. The van der Waals surface area contributed by atoms with E-state index in [0.29, 0.717) is 6.42 Å². The Balaban J connectivity index is 2.74. The highest BCUT2D eigenvalue weighted by Gasteiger charge is 2.24. The van der Waals surface area contributed by atoms with Gasteiger partial charge >= 0.3 is 0 Å². The normalized spacial score (nSPS) is 13.1. The van der Waals surface area contributed by atoms with Gasteiger partial charge in [0.05, 0.1) is 10.9 Å². The number of likely N-dealkylation sites (N-methyl/N-ethyl adjacent to an activating group) is 1. The molecular formula is C14H19N3O2S. The van der Waals surface area contributed by atoms with Crippen molar-refractivity contribution in [2.75, 3.05) is 7.05 Å². The van der Waals surface area contributed by atoms with Gasteiger partial charge in [0.1, 0.15) is 6.04 Å². The van der Waals surface area contributed by atoms with E-state index in [0.717, 1.165) is 5.56 Å². The van der Waals surface area contributed by atoms with Crippen molar-refractivity contribution in [1.82, 2.24) is 10.6 Å². The van der Waals surface area contributed by atoms with Crippen LogP contribution < -0.4 is 16.4 Å². The predicted octanol–water partition coefficient (Wildman–Crippen LogP) is 0.382. The Hall–Kier alpha value is -1.95. The number of hydrogen-bond acceptors (Lipinski definition) is 3. The summed E-state index contributed by atoms with van der Waals surface area (Å²) >= 11 is 4.96. The van der Waals surface area contributed by atoms with E-state index in [9.17, 15) is 9.59 Å². The fourth-order valence-electron chi connectivity index (χ4n) is 1.77. The van der Waals surface area contributed by atoms with Crippen LogP contribution in [0.25, 0.3) is 0 Å². The molecule has 0 aliphatic carbocycles. The van der Waals surface area contributed by atoms with Gasteiger partial charge in [-0.3, -0.25) is 9.59 Å². The summed E-state index contributed by atoms with van der Waals surface area (Å²) in [5.74, 6) is -1.23. The van der Waals surface area contributed by atoms with Gasteiger partial charge in [0, 0.05) is 7.05 Å². The molecule has 0 spiro atoms. The van der Waals surface area contributed by atoms with Crippen LogP contribution in [0.3, 0.4) is 0 Å². The lowest BCUT2D eigenvalue weighted by molar-refractivity contribution is -0.129. The molecule has 2 atom stereocenters. The second-order valence-electron chi connectivity index (χ2n) is 4.49. The summed E-state index contributed by atoms with van der Waals surface area (Å²) < 4.78 is 0. The molecule has 0 fully saturated rings. The molecule has 0 heterocycles. The molecule has 0 aliphatic rings. The van der Waals surface area contributed by atoms with Crippen LogP contribution in [-0.2, 0) is 16.0 Å². The zero-order valence-electron chi connectivity index (χ0n) is 11.6. The molecule has 2 unspecified atom stereocenters. The van der Waals surface area contributed by atoms with E-state index in [-0.39, 0.29) is 16.8 Å². The van der Waals surface area contributed by atoms with Gasteiger partial charge in [-0.2, -0.15) is 0 Å². The minimum absolute atomic E-state index is 0.121. The van der Waals surface area contributed by atoms with Crippen LogP contribution >= 0.6 is 12.2 Å². The van der Waals surface area contributed by atoms with E-state index in [4.69, 9.17) is 18.0 Å². The summed E-state index contributed by atoms with van der Waals surface area (Å²) in [4.78, 5) is 23.7. The average molecular weight is 293 g/mol. The van der Waals surface area contributed by atoms with E-state index in [1.54, 1.807) is 6.92 Å². The van der Waals surface area contributed by atoms with Crippen LogP contribution in [0.4, 0.5) is 0 Å². The van der Waals surface area contributed by atoms with E-state index < -0.39 is 12.0 Å². The van der Waals surface area contributed by atoms with Gasteiger partial charge in [-0.05, 0) is 18.9 Å². The molecule has 0 aromatic heterocycles. The van der Waals surface area contributed by atoms with Gasteiger partial charge in [-0.1, -0.05) is 42.5 Å². The number of nitrogens with one attached hydrogen (secondary N) is 2. The number of hydrogen-bond donors (Lipinski definition) is 3. The molecule has 6 heteroatoms. The second kappa shape index (κ2) is 7.59. The van der Waals surface area contributed by atoms with Gasteiger partial charge in [0.2, 0.25) is 11.8 Å². The molecule has 108 valence electrons. The first-order valence-corrected chi connectivity index (χ1v) is 6.71. The number of carbonyl (C=O) groups excluding carboxylic acids is 2. The van der Waals surface area contributed by atoms with Crippen LogP contribution in [0.1, 0.15) is 12.5 Å². The van der Waals surface area contributed by atoms with Gasteiger partial charge in [-0.15, -0.1) is 0 Å². The third-order valence-corrected chi connectivity index (χ3v) is 3.23. The monoisotopic (exact) mass is 293 g/mol. The third-order valence-electron chi connectivity index (χ3n) is 2.94. The summed E-state index contributed by atoms with van der Waals surface area (Å²) in [5, 5.41) is 5.08. The van der Waals surface area contributed by atoms with Crippen LogP contribution in [0, 0.1) is 5.92 Å². The highest BCUT2D eigenvalue weighted by molar-refractivity contribution is 7.80. The van der Waals surface area contributed by atoms with Crippen molar-refractivity contribution in [2.24, 2.45) is 11.7 Å². The van der Waals surface area contributed by atoms with Gasteiger partial charge < -0.3 is 16.4 Å². The maximum atomic E-state index is 12.2. The zero-order chi connectivity index (χ0) is 15.1. The molecule has 1 aromatic rings. The Morgan fingerprint density at radius 1 is 1.25 bits per heavy atom. The summed E-state index contributed by atoms with van der Waals surface area (Å²) in [6.45, 7) is 1.61. The second-order valence-corrected chi connectivity index (χ2v) is 4.96. The van der Waals surface area contributed by atoms with Crippen molar-refractivity contribution in [3.8, 4) is 0 Å². The molecular weight excluding hydrogens is 274 g/mol. The molecule has 5 nitrogen and oxygen atoms in total. The predicted molar refractivity (Wildman–Crippen MR) is 82.1 cm³/mol. The molecule has 0 bridgehead atoms. The molecule has 0 saturated heterocycles. The largest absolute Gasteiger partial charge is 0.393 e. The Kier molecular flexibility index (Phi) is 6.11. The molecule has 0 saturated carbocycles. The van der Waals surface area contributed by atoms with Crippen LogP contribution in [-0.4, -0.2) is 29.9 Å². The number of benzene rings is 1. The lowest BCUT2D eigenvalue weighted by Gasteiger charge is -2.18. The number of rotatable bonds is 6. The maximum Gasteiger partial charge on any atom is 0.242 e. The molecule has 2 amide bonds. The average Bonchev–Trinajstić information content (AvgIpc) is 2.44. The molecule has 1 rings (SSSR count). The molecule has 20 heavy (non-hydrogen) atoms. The first kappa shape index (κ1) is 16.1. The highest BCUT2D eigenvalue weighted by atomic mass is 32.1. The number of thiocarbonyl (C=S) groups is 1. The quantitative estimate of drug-likeness (QED) is 0.662.